The van der Waals surface area contributed by atoms with E-state index in [4.69, 9.17) is 28.9 Å². The van der Waals surface area contributed by atoms with Gasteiger partial charge < -0.3 is 28.8 Å². The van der Waals surface area contributed by atoms with Crippen LogP contribution >= 0.6 is 0 Å². The summed E-state index contributed by atoms with van der Waals surface area (Å²) in [5.74, 6) is 2.25. The molecule has 1 aromatic carbocycles. The first-order chi connectivity index (χ1) is 20.3. The van der Waals surface area contributed by atoms with Crippen molar-refractivity contribution in [3.8, 4) is 28.5 Å². The summed E-state index contributed by atoms with van der Waals surface area (Å²) in [4.78, 5) is 18.6. The lowest BCUT2D eigenvalue weighted by atomic mass is 10.0. The van der Waals surface area contributed by atoms with Gasteiger partial charge in [0.05, 0.1) is 23.3 Å². The Morgan fingerprint density at radius 1 is 1.05 bits per heavy atom. The number of benzene rings is 1. The predicted octanol–water partition coefficient (Wildman–Crippen LogP) is 6.13. The molecule has 5 aromatic rings. The Morgan fingerprint density at radius 2 is 1.93 bits per heavy atom. The molecule has 1 N–H and O–H groups in total. The molecule has 11 heteroatoms. The summed E-state index contributed by atoms with van der Waals surface area (Å²) in [6.45, 7) is 10.7. The molecular weight excluding hydrogens is 548 g/mol. The van der Waals surface area contributed by atoms with Crippen LogP contribution in [-0.4, -0.2) is 58.9 Å². The van der Waals surface area contributed by atoms with Crippen LogP contribution < -0.4 is 19.5 Å². The van der Waals surface area contributed by atoms with Gasteiger partial charge in [-0.1, -0.05) is 25.7 Å². The van der Waals surface area contributed by atoms with Crippen molar-refractivity contribution in [2.24, 2.45) is 0 Å². The Bertz CT molecular complexity index is 1730. The van der Waals surface area contributed by atoms with Crippen LogP contribution in [0.4, 0.5) is 5.95 Å². The van der Waals surface area contributed by atoms with Gasteiger partial charge in [0, 0.05) is 50.6 Å². The minimum atomic E-state index is -1.22. The van der Waals surface area contributed by atoms with Crippen LogP contribution in [0.3, 0.4) is 0 Å². The van der Waals surface area contributed by atoms with Crippen molar-refractivity contribution in [1.82, 2.24) is 24.5 Å². The summed E-state index contributed by atoms with van der Waals surface area (Å²) in [5.41, 5.74) is 4.39. The Labute approximate surface area is 246 Å². The van der Waals surface area contributed by atoms with Crippen LogP contribution in [0, 0.1) is 0 Å². The van der Waals surface area contributed by atoms with Gasteiger partial charge in [0.1, 0.15) is 37.5 Å². The van der Waals surface area contributed by atoms with E-state index in [1.165, 1.54) is 0 Å². The second kappa shape index (κ2) is 11.6. The smallest absolute Gasteiger partial charge is 0.228 e. The van der Waals surface area contributed by atoms with E-state index >= 15 is 0 Å². The molecule has 1 aliphatic rings. The maximum atomic E-state index is 6.41. The quantitative estimate of drug-likeness (QED) is 0.186. The first-order valence-electron chi connectivity index (χ1n) is 14.2. The Kier molecular flexibility index (Phi) is 7.69. The van der Waals surface area contributed by atoms with Gasteiger partial charge in [-0.05, 0) is 42.8 Å². The topological polar surface area (TPSA) is 105 Å². The van der Waals surface area contributed by atoms with Gasteiger partial charge in [-0.2, -0.15) is 9.97 Å². The zero-order valence-electron chi connectivity index (χ0n) is 24.7. The van der Waals surface area contributed by atoms with E-state index in [-0.39, 0.29) is 12.7 Å². The van der Waals surface area contributed by atoms with Gasteiger partial charge in [-0.25, -0.2) is 0 Å². The second-order valence-corrected chi connectivity index (χ2v) is 17.4. The molecule has 0 aliphatic carbocycles. The molecule has 4 aromatic heterocycles. The number of aromatic nitrogens is 5. The minimum Gasteiger partial charge on any atom is -0.488 e. The summed E-state index contributed by atoms with van der Waals surface area (Å²) in [6, 6.07) is 11.2. The molecule has 6 rings (SSSR count). The standard InChI is InChI=1S/C31H36N6O4Si/c1-20-17-39-24-12-23-11-22(6-7-27(23)34-15-24)26-16-37(19-38-8-9-42(3,4)5)29-28(26)30(36-31(32-2)35-29)40-18-21-10-25(41-20)14-33-13-21/h6-7,10-16,20H,8-9,17-19H2,1-5H3,(H,32,35,36). The third-order valence-electron chi connectivity index (χ3n) is 7.07. The highest BCUT2D eigenvalue weighted by Gasteiger charge is 2.21. The fourth-order valence-electron chi connectivity index (χ4n) is 4.83. The van der Waals surface area contributed by atoms with Crippen LogP contribution in [0.5, 0.6) is 17.4 Å². The van der Waals surface area contributed by atoms with Crippen molar-refractivity contribution in [3.05, 3.63) is 60.7 Å². The molecule has 5 bridgehead atoms. The number of fused-ring (bicyclic) bond motifs is 5. The molecule has 0 radical (unpaired) electrons. The first kappa shape index (κ1) is 27.9. The fourth-order valence-corrected chi connectivity index (χ4v) is 5.58. The minimum absolute atomic E-state index is 0.200. The van der Waals surface area contributed by atoms with Gasteiger partial charge in [0.2, 0.25) is 11.8 Å². The number of hydrogen-bond donors (Lipinski definition) is 1. The van der Waals surface area contributed by atoms with E-state index < -0.39 is 8.07 Å². The number of nitrogens with zero attached hydrogens (tertiary/aromatic N) is 5. The molecule has 10 nitrogen and oxygen atoms in total. The highest BCUT2D eigenvalue weighted by Crippen LogP contribution is 2.38. The van der Waals surface area contributed by atoms with Crippen LogP contribution in [0.15, 0.2) is 55.1 Å². The highest BCUT2D eigenvalue weighted by molar-refractivity contribution is 6.76. The number of ether oxygens (including phenoxy) is 4. The number of pyridine rings is 2. The summed E-state index contributed by atoms with van der Waals surface area (Å²) in [5, 5.41) is 4.85. The van der Waals surface area contributed by atoms with Gasteiger partial charge >= 0.3 is 0 Å². The van der Waals surface area contributed by atoms with Gasteiger partial charge in [0.15, 0.2) is 5.65 Å². The molecule has 1 atom stereocenters. The highest BCUT2D eigenvalue weighted by atomic mass is 28.3. The molecule has 218 valence electrons. The molecule has 0 saturated heterocycles. The Balaban J connectivity index is 1.49. The summed E-state index contributed by atoms with van der Waals surface area (Å²) >= 11 is 0. The molecule has 5 heterocycles. The molecule has 1 unspecified atom stereocenters. The maximum Gasteiger partial charge on any atom is 0.228 e. The lowest BCUT2D eigenvalue weighted by Crippen LogP contribution is -2.22. The Morgan fingerprint density at radius 3 is 2.76 bits per heavy atom. The zero-order valence-corrected chi connectivity index (χ0v) is 25.7. The largest absolute Gasteiger partial charge is 0.488 e. The van der Waals surface area contributed by atoms with E-state index in [1.807, 2.05) is 29.7 Å². The number of nitrogens with one attached hydrogen (secondary N) is 1. The van der Waals surface area contributed by atoms with E-state index in [2.05, 4.69) is 53.3 Å². The lowest BCUT2D eigenvalue weighted by Gasteiger charge is -2.16. The summed E-state index contributed by atoms with van der Waals surface area (Å²) in [7, 11) is 0.575. The normalized spacial score (nSPS) is 15.3. The van der Waals surface area contributed by atoms with Crippen molar-refractivity contribution in [2.75, 3.05) is 25.6 Å². The monoisotopic (exact) mass is 584 g/mol. The molecule has 0 spiro atoms. The maximum absolute atomic E-state index is 6.41. The van der Waals surface area contributed by atoms with E-state index in [0.29, 0.717) is 43.3 Å². The molecular formula is C31H36N6O4Si. The van der Waals surface area contributed by atoms with Crippen LogP contribution in [-0.2, 0) is 18.1 Å². The lowest BCUT2D eigenvalue weighted by molar-refractivity contribution is 0.0899. The third kappa shape index (κ3) is 6.17. The van der Waals surface area contributed by atoms with Gasteiger partial charge in [-0.15, -0.1) is 0 Å². The number of anilines is 1. The molecule has 0 fully saturated rings. The van der Waals surface area contributed by atoms with Crippen molar-refractivity contribution >= 4 is 36.0 Å². The predicted molar refractivity (Wildman–Crippen MR) is 166 cm³/mol. The van der Waals surface area contributed by atoms with E-state index in [1.54, 1.807) is 25.6 Å². The fraction of sp³-hybridized carbons (Fsp3) is 0.355. The van der Waals surface area contributed by atoms with Crippen molar-refractivity contribution < 1.29 is 18.9 Å². The van der Waals surface area contributed by atoms with E-state index in [9.17, 15) is 0 Å². The molecule has 1 aliphatic heterocycles. The summed E-state index contributed by atoms with van der Waals surface area (Å²) < 4.78 is 26.7. The Hall–Kier alpha value is -4.22. The van der Waals surface area contributed by atoms with Crippen molar-refractivity contribution in [2.45, 2.75) is 52.1 Å². The van der Waals surface area contributed by atoms with Crippen LogP contribution in [0.2, 0.25) is 25.7 Å². The van der Waals surface area contributed by atoms with Crippen LogP contribution in [0.25, 0.3) is 33.1 Å². The van der Waals surface area contributed by atoms with Crippen LogP contribution in [0.1, 0.15) is 12.5 Å². The van der Waals surface area contributed by atoms with E-state index in [0.717, 1.165) is 44.7 Å². The molecule has 0 saturated carbocycles. The summed E-state index contributed by atoms with van der Waals surface area (Å²) in [6.07, 6.45) is 7.07. The molecule has 42 heavy (non-hydrogen) atoms. The van der Waals surface area contributed by atoms with Gasteiger partial charge in [-0.3, -0.25) is 9.97 Å². The average molecular weight is 585 g/mol. The zero-order chi connectivity index (χ0) is 29.3. The van der Waals surface area contributed by atoms with Crippen molar-refractivity contribution in [3.63, 3.8) is 0 Å². The van der Waals surface area contributed by atoms with Crippen molar-refractivity contribution in [1.29, 1.82) is 0 Å². The second-order valence-electron chi connectivity index (χ2n) is 11.8. The third-order valence-corrected chi connectivity index (χ3v) is 8.77. The number of rotatable bonds is 6. The number of hydrogen-bond acceptors (Lipinski definition) is 9. The van der Waals surface area contributed by atoms with Gasteiger partial charge in [0.25, 0.3) is 0 Å². The SMILES string of the molecule is CNc1nc2c3c(cn(COCC[Si](C)(C)C)c3n1)-c1ccc3ncc(cc3c1)OCC(C)Oc1cncc(c1)CO2. The molecule has 0 amide bonds. The average Bonchev–Trinajstić information content (AvgIpc) is 3.34. The first-order valence-corrected chi connectivity index (χ1v) is 17.9.